The van der Waals surface area contributed by atoms with Crippen molar-refractivity contribution in [2.75, 3.05) is 19.8 Å². The zero-order chi connectivity index (χ0) is 15.5. The van der Waals surface area contributed by atoms with E-state index in [2.05, 4.69) is 0 Å². The minimum absolute atomic E-state index is 0.145. The van der Waals surface area contributed by atoms with Crippen molar-refractivity contribution in [3.05, 3.63) is 29.0 Å². The number of sulfonamides is 1. The molecular weight excluding hydrogens is 325 g/mol. The fourth-order valence-electron chi connectivity index (χ4n) is 1.76. The van der Waals surface area contributed by atoms with Crippen molar-refractivity contribution in [1.82, 2.24) is 4.72 Å². The molecule has 0 bridgehead atoms. The Kier molecular flexibility index (Phi) is 5.15. The van der Waals surface area contributed by atoms with Crippen molar-refractivity contribution in [3.8, 4) is 0 Å². The minimum atomic E-state index is -4.10. The molecule has 1 unspecified atom stereocenters. The van der Waals surface area contributed by atoms with Gasteiger partial charge in [-0.25, -0.2) is 17.5 Å². The summed E-state index contributed by atoms with van der Waals surface area (Å²) < 4.78 is 49.2. The Morgan fingerprint density at radius 3 is 2.81 bits per heavy atom. The lowest BCUT2D eigenvalue weighted by molar-refractivity contribution is -0.129. The first-order chi connectivity index (χ1) is 9.88. The second-order valence-corrected chi connectivity index (χ2v) is 6.47. The highest BCUT2D eigenvalue weighted by Crippen LogP contribution is 2.19. The number of benzene rings is 1. The molecule has 0 aromatic heterocycles. The van der Waals surface area contributed by atoms with Crippen LogP contribution < -0.4 is 4.72 Å². The summed E-state index contributed by atoms with van der Waals surface area (Å²) in [6, 6.07) is 2.88. The van der Waals surface area contributed by atoms with Crippen LogP contribution in [0, 0.1) is 5.82 Å². The Bertz CT molecular complexity index is 631. The third-order valence-corrected chi connectivity index (χ3v) is 4.41. The zero-order valence-corrected chi connectivity index (χ0v) is 12.4. The van der Waals surface area contributed by atoms with Crippen LogP contribution in [0.4, 0.5) is 4.39 Å². The highest BCUT2D eigenvalue weighted by Gasteiger charge is 2.23. The maximum Gasteiger partial charge on any atom is 0.264 e. The van der Waals surface area contributed by atoms with Crippen LogP contribution in [0.3, 0.4) is 0 Å². The van der Waals surface area contributed by atoms with Gasteiger partial charge in [-0.1, -0.05) is 11.6 Å². The molecule has 1 N–H and O–H groups in total. The van der Waals surface area contributed by atoms with Crippen molar-refractivity contribution in [1.29, 1.82) is 0 Å². The zero-order valence-electron chi connectivity index (χ0n) is 10.8. The summed E-state index contributed by atoms with van der Waals surface area (Å²) in [4.78, 5) is 11.4. The summed E-state index contributed by atoms with van der Waals surface area (Å²) in [5.74, 6) is -1.47. The Balaban J connectivity index is 2.02. The minimum Gasteiger partial charge on any atom is -0.376 e. The standard InChI is InChI=1S/C12H13ClFNO5S/c13-10-6-9(1-2-11(10)14)21(17,18)15-12(16)5-8-7-19-3-4-20-8/h1-2,6,8H,3-5,7H2,(H,15,16). The molecule has 1 aromatic rings. The van der Waals surface area contributed by atoms with Gasteiger partial charge in [0, 0.05) is 0 Å². The quantitative estimate of drug-likeness (QED) is 0.889. The fraction of sp³-hybridized carbons (Fsp3) is 0.417. The van der Waals surface area contributed by atoms with E-state index in [9.17, 15) is 17.6 Å². The molecule has 2 rings (SSSR count). The van der Waals surface area contributed by atoms with Crippen LogP contribution in [-0.2, 0) is 24.3 Å². The van der Waals surface area contributed by atoms with E-state index in [0.717, 1.165) is 18.2 Å². The van der Waals surface area contributed by atoms with E-state index in [4.69, 9.17) is 21.1 Å². The smallest absolute Gasteiger partial charge is 0.264 e. The number of ether oxygens (including phenoxy) is 2. The van der Waals surface area contributed by atoms with Crippen molar-refractivity contribution >= 4 is 27.5 Å². The molecule has 1 atom stereocenters. The predicted octanol–water partition coefficient (Wildman–Crippen LogP) is 1.09. The number of amides is 1. The second kappa shape index (κ2) is 6.69. The van der Waals surface area contributed by atoms with E-state index in [1.807, 2.05) is 4.72 Å². The molecule has 1 heterocycles. The van der Waals surface area contributed by atoms with Crippen LogP contribution in [0.15, 0.2) is 23.1 Å². The molecule has 1 aromatic carbocycles. The van der Waals surface area contributed by atoms with Crippen LogP contribution in [0.1, 0.15) is 6.42 Å². The maximum absolute atomic E-state index is 13.0. The first kappa shape index (κ1) is 16.2. The third-order valence-electron chi connectivity index (χ3n) is 2.75. The lowest BCUT2D eigenvalue weighted by Gasteiger charge is -2.22. The van der Waals surface area contributed by atoms with Crippen LogP contribution in [0.2, 0.25) is 5.02 Å². The van der Waals surface area contributed by atoms with Gasteiger partial charge in [0.25, 0.3) is 10.0 Å². The Hall–Kier alpha value is -1.22. The summed E-state index contributed by atoms with van der Waals surface area (Å²) in [5.41, 5.74) is 0. The molecule has 1 saturated heterocycles. The summed E-state index contributed by atoms with van der Waals surface area (Å²) in [6.45, 7) is 1.04. The highest BCUT2D eigenvalue weighted by molar-refractivity contribution is 7.90. The molecule has 1 amide bonds. The summed E-state index contributed by atoms with van der Waals surface area (Å²) in [6.07, 6.45) is -0.625. The first-order valence-electron chi connectivity index (χ1n) is 6.08. The van der Waals surface area contributed by atoms with Crippen LogP contribution >= 0.6 is 11.6 Å². The summed E-state index contributed by atoms with van der Waals surface area (Å²) in [5, 5.41) is -0.339. The Morgan fingerprint density at radius 2 is 2.19 bits per heavy atom. The van der Waals surface area contributed by atoms with E-state index in [1.54, 1.807) is 0 Å². The highest BCUT2D eigenvalue weighted by atomic mass is 35.5. The number of rotatable bonds is 4. The van der Waals surface area contributed by atoms with Gasteiger partial charge in [0.05, 0.1) is 42.3 Å². The number of carbonyl (C=O) groups excluding carboxylic acids is 1. The van der Waals surface area contributed by atoms with Gasteiger partial charge in [0.15, 0.2) is 0 Å². The van der Waals surface area contributed by atoms with E-state index in [-0.39, 0.29) is 22.9 Å². The first-order valence-corrected chi connectivity index (χ1v) is 7.94. The molecule has 1 aliphatic rings. The average molecular weight is 338 g/mol. The summed E-state index contributed by atoms with van der Waals surface area (Å²) in [7, 11) is -4.10. The molecule has 116 valence electrons. The van der Waals surface area contributed by atoms with Crippen LogP contribution in [0.25, 0.3) is 0 Å². The van der Waals surface area contributed by atoms with Crippen molar-refractivity contribution in [3.63, 3.8) is 0 Å². The van der Waals surface area contributed by atoms with Gasteiger partial charge < -0.3 is 9.47 Å². The number of carbonyl (C=O) groups is 1. The largest absolute Gasteiger partial charge is 0.376 e. The van der Waals surface area contributed by atoms with Gasteiger partial charge in [-0.2, -0.15) is 0 Å². The van der Waals surface area contributed by atoms with Gasteiger partial charge in [0.2, 0.25) is 5.91 Å². The molecule has 0 spiro atoms. The Labute approximate surface area is 126 Å². The number of halogens is 2. The van der Waals surface area contributed by atoms with E-state index < -0.39 is 27.9 Å². The number of nitrogens with one attached hydrogen (secondary N) is 1. The predicted molar refractivity (Wildman–Crippen MR) is 71.9 cm³/mol. The SMILES string of the molecule is O=C(CC1COCCO1)NS(=O)(=O)c1ccc(F)c(Cl)c1. The van der Waals surface area contributed by atoms with E-state index in [0.29, 0.717) is 13.2 Å². The Morgan fingerprint density at radius 1 is 1.43 bits per heavy atom. The van der Waals surface area contributed by atoms with E-state index >= 15 is 0 Å². The monoisotopic (exact) mass is 337 g/mol. The van der Waals surface area contributed by atoms with Crippen molar-refractivity contribution in [2.24, 2.45) is 0 Å². The van der Waals surface area contributed by atoms with Gasteiger partial charge in [-0.05, 0) is 18.2 Å². The molecule has 21 heavy (non-hydrogen) atoms. The number of hydrogen-bond donors (Lipinski definition) is 1. The fourth-order valence-corrected chi connectivity index (χ4v) is 3.02. The van der Waals surface area contributed by atoms with Gasteiger partial charge >= 0.3 is 0 Å². The van der Waals surface area contributed by atoms with Crippen LogP contribution in [0.5, 0.6) is 0 Å². The van der Waals surface area contributed by atoms with Gasteiger partial charge in [0.1, 0.15) is 5.82 Å². The molecule has 0 saturated carbocycles. The lowest BCUT2D eigenvalue weighted by Crippen LogP contribution is -2.37. The molecule has 0 aliphatic carbocycles. The lowest BCUT2D eigenvalue weighted by atomic mass is 10.2. The third kappa shape index (κ3) is 4.37. The molecular formula is C12H13ClFNO5S. The van der Waals surface area contributed by atoms with Gasteiger partial charge in [-0.15, -0.1) is 0 Å². The topological polar surface area (TPSA) is 81.7 Å². The number of hydrogen-bond acceptors (Lipinski definition) is 5. The molecule has 6 nitrogen and oxygen atoms in total. The van der Waals surface area contributed by atoms with E-state index in [1.165, 1.54) is 0 Å². The summed E-state index contributed by atoms with van der Waals surface area (Å²) >= 11 is 5.52. The average Bonchev–Trinajstić information content (AvgIpc) is 2.42. The molecule has 0 radical (unpaired) electrons. The normalized spacial score (nSPS) is 19.2. The van der Waals surface area contributed by atoms with Crippen LogP contribution in [-0.4, -0.2) is 40.2 Å². The molecule has 9 heteroatoms. The van der Waals surface area contributed by atoms with Crippen molar-refractivity contribution in [2.45, 2.75) is 17.4 Å². The molecule has 1 fully saturated rings. The molecule has 1 aliphatic heterocycles. The second-order valence-electron chi connectivity index (χ2n) is 4.38. The maximum atomic E-state index is 13.0. The van der Waals surface area contributed by atoms with Crippen molar-refractivity contribution < 1.29 is 27.1 Å². The van der Waals surface area contributed by atoms with Gasteiger partial charge in [-0.3, -0.25) is 4.79 Å².